The van der Waals surface area contributed by atoms with Crippen LogP contribution in [-0.4, -0.2) is 18.2 Å². The number of ketones is 1. The molecule has 0 spiro atoms. The van der Waals surface area contributed by atoms with Gasteiger partial charge in [0, 0.05) is 17.0 Å². The Kier molecular flexibility index (Phi) is 2.15. The van der Waals surface area contributed by atoms with Crippen molar-refractivity contribution in [1.29, 1.82) is 0 Å². The molecule has 3 nitrogen and oxygen atoms in total. The summed E-state index contributed by atoms with van der Waals surface area (Å²) in [5.41, 5.74) is 1.33. The van der Waals surface area contributed by atoms with Crippen LogP contribution < -0.4 is 4.90 Å². The maximum atomic E-state index is 11.5. The summed E-state index contributed by atoms with van der Waals surface area (Å²) in [5, 5.41) is 0. The number of rotatable bonds is 0. The standard InChI is InChI=1S/C10H8BrNO2/c1-6(13)12-5-10(14)8-4-7(11)2-3-9(8)12/h2-4H,5H2,1H3. The smallest absolute Gasteiger partial charge is 0.224 e. The zero-order chi connectivity index (χ0) is 10.3. The van der Waals surface area contributed by atoms with E-state index in [0.29, 0.717) is 11.3 Å². The molecule has 72 valence electrons. The van der Waals surface area contributed by atoms with Crippen LogP contribution in [0.25, 0.3) is 0 Å². The molecule has 0 aliphatic carbocycles. The molecule has 0 saturated heterocycles. The Morgan fingerprint density at radius 3 is 2.86 bits per heavy atom. The SMILES string of the molecule is CC(=O)N1CC(=O)c2cc(Br)ccc21. The van der Waals surface area contributed by atoms with Gasteiger partial charge in [0.2, 0.25) is 5.91 Å². The van der Waals surface area contributed by atoms with Gasteiger partial charge in [-0.2, -0.15) is 0 Å². The maximum absolute atomic E-state index is 11.5. The minimum Gasteiger partial charge on any atom is -0.304 e. The Morgan fingerprint density at radius 1 is 1.50 bits per heavy atom. The van der Waals surface area contributed by atoms with Crippen molar-refractivity contribution in [1.82, 2.24) is 0 Å². The van der Waals surface area contributed by atoms with Crippen LogP contribution in [0.4, 0.5) is 5.69 Å². The van der Waals surface area contributed by atoms with Crippen LogP contribution >= 0.6 is 15.9 Å². The monoisotopic (exact) mass is 253 g/mol. The maximum Gasteiger partial charge on any atom is 0.224 e. The Bertz CT molecular complexity index is 428. The normalized spacial score (nSPS) is 14.4. The molecule has 1 aromatic rings. The van der Waals surface area contributed by atoms with E-state index in [1.165, 1.54) is 11.8 Å². The number of fused-ring (bicyclic) bond motifs is 1. The third kappa shape index (κ3) is 1.35. The highest BCUT2D eigenvalue weighted by molar-refractivity contribution is 9.10. The van der Waals surface area contributed by atoms with Crippen LogP contribution in [0.5, 0.6) is 0 Å². The number of hydrogen-bond acceptors (Lipinski definition) is 2. The summed E-state index contributed by atoms with van der Waals surface area (Å²) in [5.74, 6) is -0.101. The number of anilines is 1. The van der Waals surface area contributed by atoms with Crippen LogP contribution in [0.2, 0.25) is 0 Å². The predicted octanol–water partition coefficient (Wildman–Crippen LogP) is 2.00. The summed E-state index contributed by atoms with van der Waals surface area (Å²) in [6.07, 6.45) is 0. The lowest BCUT2D eigenvalue weighted by atomic mass is 10.1. The number of carbonyl (C=O) groups is 2. The molecule has 1 heterocycles. The molecule has 4 heteroatoms. The van der Waals surface area contributed by atoms with Gasteiger partial charge in [-0.15, -0.1) is 0 Å². The van der Waals surface area contributed by atoms with Crippen molar-refractivity contribution in [3.05, 3.63) is 28.2 Å². The molecule has 1 aliphatic heterocycles. The molecule has 1 aromatic carbocycles. The van der Waals surface area contributed by atoms with Gasteiger partial charge in [0.05, 0.1) is 12.2 Å². The van der Waals surface area contributed by atoms with Crippen molar-refractivity contribution >= 4 is 33.3 Å². The highest BCUT2D eigenvalue weighted by atomic mass is 79.9. The first-order chi connectivity index (χ1) is 6.59. The second-order valence-electron chi connectivity index (χ2n) is 3.19. The van der Waals surface area contributed by atoms with Crippen molar-refractivity contribution in [3.63, 3.8) is 0 Å². The molecule has 0 atom stereocenters. The van der Waals surface area contributed by atoms with E-state index in [2.05, 4.69) is 15.9 Å². The Hall–Kier alpha value is -1.16. The van der Waals surface area contributed by atoms with Gasteiger partial charge >= 0.3 is 0 Å². The van der Waals surface area contributed by atoms with E-state index in [9.17, 15) is 9.59 Å². The topological polar surface area (TPSA) is 37.4 Å². The van der Waals surface area contributed by atoms with E-state index < -0.39 is 0 Å². The Labute approximate surface area is 89.8 Å². The molecule has 1 amide bonds. The van der Waals surface area contributed by atoms with Gasteiger partial charge in [0.15, 0.2) is 5.78 Å². The van der Waals surface area contributed by atoms with Gasteiger partial charge in [-0.3, -0.25) is 9.59 Å². The van der Waals surface area contributed by atoms with Crippen molar-refractivity contribution in [3.8, 4) is 0 Å². The molecule has 14 heavy (non-hydrogen) atoms. The minimum absolute atomic E-state index is 0.00324. The lowest BCUT2D eigenvalue weighted by molar-refractivity contribution is -0.116. The van der Waals surface area contributed by atoms with E-state index in [1.54, 1.807) is 12.1 Å². The summed E-state index contributed by atoms with van der Waals surface area (Å²) in [7, 11) is 0. The van der Waals surface area contributed by atoms with Gasteiger partial charge in [-0.1, -0.05) is 15.9 Å². The summed E-state index contributed by atoms with van der Waals surface area (Å²) >= 11 is 3.29. The third-order valence-corrected chi connectivity index (χ3v) is 2.72. The van der Waals surface area contributed by atoms with E-state index in [-0.39, 0.29) is 18.2 Å². The van der Waals surface area contributed by atoms with Crippen LogP contribution in [0, 0.1) is 0 Å². The van der Waals surface area contributed by atoms with Gasteiger partial charge in [-0.25, -0.2) is 0 Å². The Balaban J connectivity index is 2.55. The molecule has 0 fully saturated rings. The number of amides is 1. The lowest BCUT2D eigenvalue weighted by Crippen LogP contribution is -2.27. The number of halogens is 1. The minimum atomic E-state index is -0.0978. The summed E-state index contributed by atoms with van der Waals surface area (Å²) in [6.45, 7) is 1.63. The van der Waals surface area contributed by atoms with E-state index in [1.807, 2.05) is 6.07 Å². The largest absolute Gasteiger partial charge is 0.304 e. The van der Waals surface area contributed by atoms with Crippen LogP contribution in [0.1, 0.15) is 17.3 Å². The zero-order valence-corrected chi connectivity index (χ0v) is 9.17. The molecule has 0 N–H and O–H groups in total. The van der Waals surface area contributed by atoms with Gasteiger partial charge in [0.1, 0.15) is 0 Å². The highest BCUT2D eigenvalue weighted by Gasteiger charge is 2.28. The molecule has 0 aromatic heterocycles. The van der Waals surface area contributed by atoms with E-state index in [4.69, 9.17) is 0 Å². The summed E-state index contributed by atoms with van der Waals surface area (Å²) in [4.78, 5) is 24.2. The Morgan fingerprint density at radius 2 is 2.21 bits per heavy atom. The van der Waals surface area contributed by atoms with Gasteiger partial charge < -0.3 is 4.90 Å². The second kappa shape index (κ2) is 3.20. The van der Waals surface area contributed by atoms with Crippen molar-refractivity contribution < 1.29 is 9.59 Å². The molecule has 2 rings (SSSR count). The number of benzene rings is 1. The molecular formula is C10H8BrNO2. The first kappa shape index (κ1) is 9.40. The lowest BCUT2D eigenvalue weighted by Gasteiger charge is -2.12. The van der Waals surface area contributed by atoms with Gasteiger partial charge in [0.25, 0.3) is 0 Å². The van der Waals surface area contributed by atoms with E-state index >= 15 is 0 Å². The molecule has 1 aliphatic rings. The highest BCUT2D eigenvalue weighted by Crippen LogP contribution is 2.30. The fourth-order valence-corrected chi connectivity index (χ4v) is 1.92. The van der Waals surface area contributed by atoms with Gasteiger partial charge in [-0.05, 0) is 18.2 Å². The van der Waals surface area contributed by atoms with Crippen LogP contribution in [0.3, 0.4) is 0 Å². The van der Waals surface area contributed by atoms with Crippen LogP contribution in [-0.2, 0) is 4.79 Å². The fraction of sp³-hybridized carbons (Fsp3) is 0.200. The number of hydrogen-bond donors (Lipinski definition) is 0. The van der Waals surface area contributed by atoms with E-state index in [0.717, 1.165) is 4.47 Å². The second-order valence-corrected chi connectivity index (χ2v) is 4.11. The first-order valence-corrected chi connectivity index (χ1v) is 5.00. The van der Waals surface area contributed by atoms with Crippen molar-refractivity contribution in [2.24, 2.45) is 0 Å². The number of carbonyl (C=O) groups excluding carboxylic acids is 2. The van der Waals surface area contributed by atoms with Crippen LogP contribution in [0.15, 0.2) is 22.7 Å². The van der Waals surface area contributed by atoms with Crippen molar-refractivity contribution in [2.45, 2.75) is 6.92 Å². The summed E-state index contributed by atoms with van der Waals surface area (Å²) < 4.78 is 0.856. The zero-order valence-electron chi connectivity index (χ0n) is 7.58. The molecule has 0 unspecified atom stereocenters. The fourth-order valence-electron chi connectivity index (χ4n) is 1.56. The molecule has 0 radical (unpaired) electrons. The van der Waals surface area contributed by atoms with Crippen molar-refractivity contribution in [2.75, 3.05) is 11.4 Å². The number of nitrogens with zero attached hydrogens (tertiary/aromatic N) is 1. The predicted molar refractivity (Wildman–Crippen MR) is 56.5 cm³/mol. The summed E-state index contributed by atoms with van der Waals surface area (Å²) in [6, 6.07) is 5.36. The molecular weight excluding hydrogens is 246 g/mol. The number of Topliss-reactive ketones (excluding diaryl/α,β-unsaturated/α-hetero) is 1. The average molecular weight is 254 g/mol. The first-order valence-electron chi connectivity index (χ1n) is 4.20. The average Bonchev–Trinajstić information content (AvgIpc) is 2.44. The molecule has 0 saturated carbocycles. The third-order valence-electron chi connectivity index (χ3n) is 2.23. The quantitative estimate of drug-likeness (QED) is 0.710. The molecule has 0 bridgehead atoms.